The van der Waals surface area contributed by atoms with Crippen LogP contribution in [0, 0.1) is 0 Å². The quantitative estimate of drug-likeness (QED) is 0.474. The molecule has 0 unspecified atom stereocenters. The first kappa shape index (κ1) is 21.1. The van der Waals surface area contributed by atoms with Gasteiger partial charge in [-0.3, -0.25) is 0 Å². The average molecular weight is 393 g/mol. The number of rotatable bonds is 11. The molecule has 0 radical (unpaired) electrons. The second kappa shape index (κ2) is 10.8. The van der Waals surface area contributed by atoms with Crippen molar-refractivity contribution in [2.45, 2.75) is 19.3 Å². The topological polar surface area (TPSA) is 63.4 Å². The normalized spacial score (nSPS) is 11.2. The second-order valence-electron chi connectivity index (χ2n) is 7.38. The van der Waals surface area contributed by atoms with Crippen LogP contribution in [-0.2, 0) is 0 Å². The number of hydrogen-bond donors (Lipinski definition) is 2. The van der Waals surface area contributed by atoms with E-state index in [1.807, 2.05) is 18.2 Å². The fourth-order valence-corrected chi connectivity index (χ4v) is 3.44. The van der Waals surface area contributed by atoms with E-state index in [1.165, 1.54) is 6.42 Å². The first-order valence-corrected chi connectivity index (χ1v) is 10.4. The Bertz CT molecular complexity index is 895. The third-order valence-corrected chi connectivity index (χ3v) is 5.13. The number of methoxy groups -OCH3 is 1. The summed E-state index contributed by atoms with van der Waals surface area (Å²) in [4.78, 5) is 7.24. The van der Waals surface area contributed by atoms with Gasteiger partial charge in [0, 0.05) is 23.2 Å². The molecule has 0 aliphatic carbocycles. The van der Waals surface area contributed by atoms with Crippen LogP contribution in [0.4, 0.5) is 5.69 Å². The molecule has 3 aromatic rings. The zero-order valence-corrected chi connectivity index (χ0v) is 17.5. The minimum atomic E-state index is 0.779. The first-order valence-electron chi connectivity index (χ1n) is 10.4. The zero-order chi connectivity index (χ0) is 20.5. The van der Waals surface area contributed by atoms with Crippen molar-refractivity contribution < 1.29 is 4.74 Å². The highest BCUT2D eigenvalue weighted by Crippen LogP contribution is 2.29. The van der Waals surface area contributed by atoms with Gasteiger partial charge < -0.3 is 20.7 Å². The molecule has 0 aliphatic heterocycles. The molecule has 0 saturated heterocycles. The molecule has 3 N–H and O–H groups in total. The maximum atomic E-state index is 5.58. The standard InChI is InChI=1S/C24H32N4O/c1-28(16-6-5-14-25)17-7-15-26-24-18-23(19-10-12-20(29-2)13-11-19)27-22-9-4-3-8-21(22)24/h3-4,8-13,18H,5-7,14-17,25H2,1-2H3,(H,26,27). The van der Waals surface area contributed by atoms with E-state index in [2.05, 4.69) is 53.7 Å². The summed E-state index contributed by atoms with van der Waals surface area (Å²) in [6, 6.07) is 18.5. The number of hydrogen-bond acceptors (Lipinski definition) is 5. The summed E-state index contributed by atoms with van der Waals surface area (Å²) >= 11 is 0. The van der Waals surface area contributed by atoms with Crippen molar-refractivity contribution in [3.63, 3.8) is 0 Å². The Kier molecular flexibility index (Phi) is 7.85. The summed E-state index contributed by atoms with van der Waals surface area (Å²) < 4.78 is 5.27. The molecule has 1 heterocycles. The molecule has 0 spiro atoms. The average Bonchev–Trinajstić information content (AvgIpc) is 2.76. The van der Waals surface area contributed by atoms with Crippen LogP contribution in [-0.4, -0.2) is 50.2 Å². The number of fused-ring (bicyclic) bond motifs is 1. The van der Waals surface area contributed by atoms with Crippen molar-refractivity contribution in [1.82, 2.24) is 9.88 Å². The molecule has 0 atom stereocenters. The molecule has 0 saturated carbocycles. The van der Waals surface area contributed by atoms with E-state index in [0.717, 1.165) is 72.6 Å². The number of nitrogens with zero attached hydrogens (tertiary/aromatic N) is 2. The molecule has 3 rings (SSSR count). The lowest BCUT2D eigenvalue weighted by atomic mass is 10.1. The lowest BCUT2D eigenvalue weighted by molar-refractivity contribution is 0.325. The minimum absolute atomic E-state index is 0.779. The second-order valence-corrected chi connectivity index (χ2v) is 7.38. The highest BCUT2D eigenvalue weighted by Gasteiger charge is 2.08. The first-order chi connectivity index (χ1) is 14.2. The number of nitrogens with one attached hydrogen (secondary N) is 1. The van der Waals surface area contributed by atoms with Crippen LogP contribution in [0.2, 0.25) is 0 Å². The van der Waals surface area contributed by atoms with E-state index in [9.17, 15) is 0 Å². The van der Waals surface area contributed by atoms with E-state index in [4.69, 9.17) is 15.5 Å². The van der Waals surface area contributed by atoms with E-state index in [-0.39, 0.29) is 0 Å². The molecule has 29 heavy (non-hydrogen) atoms. The smallest absolute Gasteiger partial charge is 0.118 e. The molecule has 2 aromatic carbocycles. The highest BCUT2D eigenvalue weighted by molar-refractivity contribution is 5.93. The van der Waals surface area contributed by atoms with Crippen LogP contribution >= 0.6 is 0 Å². The number of aromatic nitrogens is 1. The van der Waals surface area contributed by atoms with Gasteiger partial charge in [0.05, 0.1) is 18.3 Å². The maximum Gasteiger partial charge on any atom is 0.118 e. The summed E-state index contributed by atoms with van der Waals surface area (Å²) in [5, 5.41) is 4.79. The third-order valence-electron chi connectivity index (χ3n) is 5.13. The molecule has 1 aromatic heterocycles. The Hall–Kier alpha value is -2.63. The largest absolute Gasteiger partial charge is 0.497 e. The SMILES string of the molecule is COc1ccc(-c2cc(NCCCN(C)CCCCN)c3ccccc3n2)cc1. The molecule has 5 heteroatoms. The summed E-state index contributed by atoms with van der Waals surface area (Å²) in [6.07, 6.45) is 3.36. The van der Waals surface area contributed by atoms with Gasteiger partial charge >= 0.3 is 0 Å². The molecule has 5 nitrogen and oxygen atoms in total. The van der Waals surface area contributed by atoms with Crippen molar-refractivity contribution in [3.05, 3.63) is 54.6 Å². The van der Waals surface area contributed by atoms with E-state index >= 15 is 0 Å². The maximum absolute atomic E-state index is 5.58. The summed E-state index contributed by atoms with van der Waals surface area (Å²) in [7, 11) is 3.86. The van der Waals surface area contributed by atoms with Gasteiger partial charge in [-0.1, -0.05) is 18.2 Å². The third kappa shape index (κ3) is 5.92. The van der Waals surface area contributed by atoms with Crippen molar-refractivity contribution >= 4 is 16.6 Å². The van der Waals surface area contributed by atoms with Crippen LogP contribution < -0.4 is 15.8 Å². The molecular weight excluding hydrogens is 360 g/mol. The lowest BCUT2D eigenvalue weighted by Gasteiger charge is -2.17. The summed E-state index contributed by atoms with van der Waals surface area (Å²) in [5.41, 5.74) is 9.76. The number of pyridine rings is 1. The molecule has 154 valence electrons. The Balaban J connectivity index is 1.69. The lowest BCUT2D eigenvalue weighted by Crippen LogP contribution is -2.23. The molecule has 0 amide bonds. The minimum Gasteiger partial charge on any atom is -0.497 e. The Morgan fingerprint density at radius 3 is 2.52 bits per heavy atom. The monoisotopic (exact) mass is 392 g/mol. The van der Waals surface area contributed by atoms with Gasteiger partial charge in [-0.25, -0.2) is 4.98 Å². The Morgan fingerprint density at radius 2 is 1.76 bits per heavy atom. The van der Waals surface area contributed by atoms with Crippen molar-refractivity contribution in [1.29, 1.82) is 0 Å². The van der Waals surface area contributed by atoms with Crippen molar-refractivity contribution in [2.75, 3.05) is 45.7 Å². The summed E-state index contributed by atoms with van der Waals surface area (Å²) in [5.74, 6) is 0.850. The van der Waals surface area contributed by atoms with Crippen LogP contribution in [0.1, 0.15) is 19.3 Å². The Morgan fingerprint density at radius 1 is 1.00 bits per heavy atom. The number of nitrogens with two attached hydrogens (primary N) is 1. The van der Waals surface area contributed by atoms with Gasteiger partial charge in [0.25, 0.3) is 0 Å². The van der Waals surface area contributed by atoms with Crippen molar-refractivity contribution in [2.24, 2.45) is 5.73 Å². The van der Waals surface area contributed by atoms with E-state index in [1.54, 1.807) is 7.11 Å². The summed E-state index contributed by atoms with van der Waals surface area (Å²) in [6.45, 7) is 3.89. The zero-order valence-electron chi connectivity index (χ0n) is 17.5. The molecular formula is C24H32N4O. The molecule has 0 bridgehead atoms. The number of para-hydroxylation sites is 1. The molecule has 0 aliphatic rings. The molecule has 0 fully saturated rings. The van der Waals surface area contributed by atoms with Crippen LogP contribution in [0.15, 0.2) is 54.6 Å². The number of benzene rings is 2. The van der Waals surface area contributed by atoms with Crippen LogP contribution in [0.5, 0.6) is 5.75 Å². The van der Waals surface area contributed by atoms with Gasteiger partial charge in [0.1, 0.15) is 5.75 Å². The van der Waals surface area contributed by atoms with Gasteiger partial charge in [-0.2, -0.15) is 0 Å². The number of anilines is 1. The van der Waals surface area contributed by atoms with E-state index in [0.29, 0.717) is 0 Å². The fraction of sp³-hybridized carbons (Fsp3) is 0.375. The number of ether oxygens (including phenoxy) is 1. The Labute approximate surface area is 173 Å². The number of unbranched alkanes of at least 4 members (excludes halogenated alkanes) is 1. The van der Waals surface area contributed by atoms with Crippen LogP contribution in [0.3, 0.4) is 0 Å². The van der Waals surface area contributed by atoms with Gasteiger partial charge in [0.15, 0.2) is 0 Å². The van der Waals surface area contributed by atoms with Gasteiger partial charge in [0.2, 0.25) is 0 Å². The van der Waals surface area contributed by atoms with Crippen molar-refractivity contribution in [3.8, 4) is 17.0 Å². The fourth-order valence-electron chi connectivity index (χ4n) is 3.44. The predicted octanol–water partition coefficient (Wildman–Crippen LogP) is 4.38. The highest BCUT2D eigenvalue weighted by atomic mass is 16.5. The van der Waals surface area contributed by atoms with Gasteiger partial charge in [-0.05, 0) is 82.3 Å². The predicted molar refractivity (Wildman–Crippen MR) is 123 cm³/mol. The van der Waals surface area contributed by atoms with Gasteiger partial charge in [-0.15, -0.1) is 0 Å². The van der Waals surface area contributed by atoms with Crippen LogP contribution in [0.25, 0.3) is 22.2 Å². The van der Waals surface area contributed by atoms with E-state index < -0.39 is 0 Å².